The van der Waals surface area contributed by atoms with Crippen molar-refractivity contribution in [2.45, 2.75) is 58.5 Å². The Morgan fingerprint density at radius 3 is 2.39 bits per heavy atom. The maximum atomic E-state index is 15.1. The van der Waals surface area contributed by atoms with Crippen molar-refractivity contribution in [3.63, 3.8) is 0 Å². The van der Waals surface area contributed by atoms with E-state index in [1.54, 1.807) is 6.92 Å². The van der Waals surface area contributed by atoms with E-state index in [2.05, 4.69) is 54.8 Å². The molecule has 2 fully saturated rings. The molecule has 0 unspecified atom stereocenters. The second-order valence-electron chi connectivity index (χ2n) is 14.5. The maximum absolute atomic E-state index is 15.1. The summed E-state index contributed by atoms with van der Waals surface area (Å²) < 4.78 is 30.0. The molecule has 1 spiro atoms. The van der Waals surface area contributed by atoms with Crippen molar-refractivity contribution >= 4 is 35.0 Å². The molecule has 0 saturated carbocycles. The molecule has 11 heteroatoms. The fourth-order valence-electron chi connectivity index (χ4n) is 7.48. The van der Waals surface area contributed by atoms with Gasteiger partial charge in [0.1, 0.15) is 23.6 Å². The lowest BCUT2D eigenvalue weighted by atomic mass is 9.71. The van der Waals surface area contributed by atoms with Crippen molar-refractivity contribution in [2.75, 3.05) is 38.0 Å². The number of nitrogens with zero attached hydrogens (tertiary/aromatic N) is 3. The molecule has 4 heterocycles. The number of amides is 1. The van der Waals surface area contributed by atoms with Crippen LogP contribution in [0.1, 0.15) is 66.6 Å². The maximum Gasteiger partial charge on any atom is 0.258 e. The number of fused-ring (bicyclic) bond motifs is 1. The van der Waals surface area contributed by atoms with Crippen LogP contribution in [0.2, 0.25) is 0 Å². The van der Waals surface area contributed by atoms with Crippen molar-refractivity contribution in [3.05, 3.63) is 101 Å². The highest BCUT2D eigenvalue weighted by Crippen LogP contribution is 2.40. The molecule has 2 saturated heterocycles. The lowest BCUT2D eigenvalue weighted by Crippen LogP contribution is -2.45. The molecule has 0 radical (unpaired) electrons. The summed E-state index contributed by atoms with van der Waals surface area (Å²) >= 11 is 0. The number of H-pyrrole nitrogens is 1. The van der Waals surface area contributed by atoms with Gasteiger partial charge >= 0.3 is 0 Å². The zero-order valence-corrected chi connectivity index (χ0v) is 30.1. The van der Waals surface area contributed by atoms with E-state index in [0.717, 1.165) is 43.4 Å². The average molecular weight is 715 g/mol. The summed E-state index contributed by atoms with van der Waals surface area (Å²) in [4.78, 5) is 28.1. The molecule has 2 aromatic heterocycles. The van der Waals surface area contributed by atoms with E-state index in [1.165, 1.54) is 88.8 Å². The van der Waals surface area contributed by atoms with E-state index >= 15 is 4.39 Å². The van der Waals surface area contributed by atoms with Crippen LogP contribution in [-0.4, -0.2) is 63.6 Å². The van der Waals surface area contributed by atoms with Gasteiger partial charge in [0.25, 0.3) is 5.91 Å². The second kappa shape index (κ2) is 14.8. The minimum absolute atomic E-state index is 0. The molecule has 51 heavy (non-hydrogen) atoms. The molecule has 0 atom stereocenters. The average Bonchev–Trinajstić information content (AvgIpc) is 3.54. The summed E-state index contributed by atoms with van der Waals surface area (Å²) in [6.07, 6.45) is 7.68. The number of likely N-dealkylation sites (tertiary alicyclic amines) is 1. The topological polar surface area (TPSA) is 106 Å². The van der Waals surface area contributed by atoms with E-state index < -0.39 is 23.1 Å². The van der Waals surface area contributed by atoms with Crippen molar-refractivity contribution in [2.24, 2.45) is 5.41 Å². The molecule has 4 N–H and O–H groups in total. The molecule has 0 aliphatic carbocycles. The second-order valence-corrected chi connectivity index (χ2v) is 14.5. The van der Waals surface area contributed by atoms with Crippen LogP contribution in [0.5, 0.6) is 0 Å². The number of aromatic nitrogens is 3. The number of hydrogen-bond donors (Lipinski definition) is 4. The quantitative estimate of drug-likeness (QED) is 0.131. The lowest BCUT2D eigenvalue weighted by Gasteiger charge is -2.44. The minimum atomic E-state index is -1.27. The number of halogens is 3. The molecule has 0 bridgehead atoms. The number of hydrogen-bond acceptors (Lipinski definition) is 6. The number of rotatable bonds is 8. The van der Waals surface area contributed by atoms with Crippen LogP contribution in [0.3, 0.4) is 0 Å². The Balaban J connectivity index is 0.00000448. The van der Waals surface area contributed by atoms with Crippen LogP contribution in [-0.2, 0) is 12.0 Å². The SMILES string of the molecule is Cc1c(NC(=O)c2ccc(C(C)(C)O)cc2F)cc(F)cc1-c1ncnc2[nH]c(-c3ccc(CCN4CCC5(CCNCC5)CC4)cc3)cc12.Cl. The number of aliphatic hydroxyl groups is 1. The van der Waals surface area contributed by atoms with Crippen LogP contribution in [0.15, 0.2) is 67.0 Å². The van der Waals surface area contributed by atoms with Gasteiger partial charge in [-0.25, -0.2) is 18.7 Å². The van der Waals surface area contributed by atoms with Crippen molar-refractivity contribution in [3.8, 4) is 22.5 Å². The van der Waals surface area contributed by atoms with Crippen molar-refractivity contribution in [1.82, 2.24) is 25.2 Å². The largest absolute Gasteiger partial charge is 0.386 e. The Morgan fingerprint density at radius 2 is 1.71 bits per heavy atom. The van der Waals surface area contributed by atoms with Gasteiger partial charge in [0.15, 0.2) is 0 Å². The zero-order valence-electron chi connectivity index (χ0n) is 29.3. The van der Waals surface area contributed by atoms with E-state index in [9.17, 15) is 14.3 Å². The van der Waals surface area contributed by atoms with Crippen LogP contribution in [0.25, 0.3) is 33.5 Å². The third-order valence-electron chi connectivity index (χ3n) is 10.8. The van der Waals surface area contributed by atoms with E-state index in [-0.39, 0.29) is 23.7 Å². The molecular weight excluding hydrogens is 670 g/mol. The molecule has 1 amide bonds. The number of anilines is 1. The molecule has 2 aliphatic rings. The highest BCUT2D eigenvalue weighted by atomic mass is 35.5. The first-order valence-corrected chi connectivity index (χ1v) is 17.5. The van der Waals surface area contributed by atoms with Crippen molar-refractivity contribution in [1.29, 1.82) is 0 Å². The summed E-state index contributed by atoms with van der Waals surface area (Å²) in [6, 6.07) is 17.1. The Morgan fingerprint density at radius 1 is 0.980 bits per heavy atom. The highest BCUT2D eigenvalue weighted by Gasteiger charge is 2.35. The summed E-state index contributed by atoms with van der Waals surface area (Å²) in [5.41, 5.74) is 4.95. The normalized spacial score (nSPS) is 16.3. The third-order valence-corrected chi connectivity index (χ3v) is 10.8. The molecule has 3 aromatic carbocycles. The number of carbonyl (C=O) groups is 1. The van der Waals surface area contributed by atoms with Gasteiger partial charge in [-0.2, -0.15) is 0 Å². The summed E-state index contributed by atoms with van der Waals surface area (Å²) in [5.74, 6) is -2.09. The first-order chi connectivity index (χ1) is 24.0. The van der Waals surface area contributed by atoms with Gasteiger partial charge in [0.2, 0.25) is 0 Å². The lowest BCUT2D eigenvalue weighted by molar-refractivity contribution is 0.0746. The van der Waals surface area contributed by atoms with Crippen molar-refractivity contribution < 1.29 is 18.7 Å². The molecule has 8 nitrogen and oxygen atoms in total. The van der Waals surface area contributed by atoms with Gasteiger partial charge in [0.05, 0.1) is 16.9 Å². The fraction of sp³-hybridized carbons (Fsp3) is 0.375. The zero-order chi connectivity index (χ0) is 35.0. The molecule has 268 valence electrons. The van der Waals surface area contributed by atoms with Gasteiger partial charge in [-0.05, 0) is 137 Å². The first kappa shape index (κ1) is 36.6. The van der Waals surface area contributed by atoms with E-state index in [1.807, 2.05) is 6.07 Å². The number of piperidine rings is 2. The summed E-state index contributed by atoms with van der Waals surface area (Å²) in [7, 11) is 0. The van der Waals surface area contributed by atoms with Crippen LogP contribution in [0, 0.1) is 24.0 Å². The van der Waals surface area contributed by atoms with Crippen LogP contribution in [0.4, 0.5) is 14.5 Å². The third kappa shape index (κ3) is 7.84. The van der Waals surface area contributed by atoms with Gasteiger partial charge in [-0.3, -0.25) is 4.79 Å². The molecule has 7 rings (SSSR count). The number of benzene rings is 3. The van der Waals surface area contributed by atoms with Gasteiger partial charge in [-0.15, -0.1) is 12.4 Å². The summed E-state index contributed by atoms with van der Waals surface area (Å²) in [5, 5.41) is 17.1. The van der Waals surface area contributed by atoms with Gasteiger partial charge in [-0.1, -0.05) is 30.3 Å². The first-order valence-electron chi connectivity index (χ1n) is 17.5. The summed E-state index contributed by atoms with van der Waals surface area (Å²) in [6.45, 7) is 10.6. The Hall–Kier alpha value is -4.22. The van der Waals surface area contributed by atoms with Gasteiger partial charge in [0, 0.05) is 28.9 Å². The van der Waals surface area contributed by atoms with Gasteiger partial charge < -0.3 is 25.6 Å². The Labute approximate surface area is 303 Å². The number of carbonyl (C=O) groups excluding carboxylic acids is 1. The molecule has 5 aromatic rings. The Kier molecular flexibility index (Phi) is 10.6. The minimum Gasteiger partial charge on any atom is -0.386 e. The van der Waals surface area contributed by atoms with E-state index in [0.29, 0.717) is 38.8 Å². The predicted molar refractivity (Wildman–Crippen MR) is 200 cm³/mol. The smallest absolute Gasteiger partial charge is 0.258 e. The highest BCUT2D eigenvalue weighted by molar-refractivity contribution is 6.06. The van der Waals surface area contributed by atoms with Crippen LogP contribution >= 0.6 is 12.4 Å². The monoisotopic (exact) mass is 714 g/mol. The number of aromatic amines is 1. The predicted octanol–water partition coefficient (Wildman–Crippen LogP) is 7.79. The molecule has 2 aliphatic heterocycles. The standard InChI is InChI=1S/C40H44F2N6O2.ClH/c1-25-31(21-29(41)22-34(25)47-38(49)30-9-8-28(20-33(30)42)39(2,3)50)36-32-23-35(46-37(32)45-24-44-36)27-6-4-26(5-7-27)10-17-48-18-13-40(14-19-48)11-15-43-16-12-40;/h4-9,20-24,43,50H,10-19H2,1-3H3,(H,47,49)(H,44,45,46);1H. The van der Waals surface area contributed by atoms with Crippen LogP contribution < -0.4 is 10.6 Å². The number of nitrogens with one attached hydrogen (secondary N) is 3. The fourth-order valence-corrected chi connectivity index (χ4v) is 7.48. The van der Waals surface area contributed by atoms with E-state index in [4.69, 9.17) is 0 Å². The molecular formula is C40H45ClF2N6O2. The Bertz CT molecular complexity index is 2030.